The van der Waals surface area contributed by atoms with Crippen molar-refractivity contribution in [1.82, 2.24) is 0 Å². The first-order valence-electron chi connectivity index (χ1n) is 20.8. The van der Waals surface area contributed by atoms with Crippen LogP contribution in [0.2, 0.25) is 0 Å². The first-order valence-corrected chi connectivity index (χ1v) is 20.8. The molecular formula is C42H78O8. The van der Waals surface area contributed by atoms with E-state index in [1.165, 1.54) is 128 Å². The number of unbranched alkanes of at least 4 members (excludes halogenated alkanes) is 24. The van der Waals surface area contributed by atoms with E-state index in [2.05, 4.69) is 13.8 Å². The highest BCUT2D eigenvalue weighted by Gasteiger charge is 2.28. The second-order valence-electron chi connectivity index (χ2n) is 15.4. The number of hydrogen-bond donors (Lipinski definition) is 1. The highest BCUT2D eigenvalue weighted by Crippen LogP contribution is 2.26. The molecule has 50 heavy (non-hydrogen) atoms. The van der Waals surface area contributed by atoms with Gasteiger partial charge in [0, 0.05) is 12.8 Å². The van der Waals surface area contributed by atoms with Crippen LogP contribution in [0, 0.1) is 5.41 Å². The van der Waals surface area contributed by atoms with E-state index in [9.17, 15) is 19.2 Å². The van der Waals surface area contributed by atoms with Gasteiger partial charge in [0.05, 0.1) is 12.8 Å². The van der Waals surface area contributed by atoms with Crippen molar-refractivity contribution >= 4 is 23.9 Å². The summed E-state index contributed by atoms with van der Waals surface area (Å²) in [6.45, 7) is 7.46. The van der Waals surface area contributed by atoms with Crippen LogP contribution in [0.1, 0.15) is 220 Å². The molecule has 0 saturated carbocycles. The zero-order valence-corrected chi connectivity index (χ0v) is 33.0. The van der Waals surface area contributed by atoms with Crippen LogP contribution in [0.3, 0.4) is 0 Å². The van der Waals surface area contributed by atoms with Crippen molar-refractivity contribution in [3.63, 3.8) is 0 Å². The minimum atomic E-state index is -0.997. The molecule has 0 aromatic carbocycles. The van der Waals surface area contributed by atoms with Gasteiger partial charge in [-0.2, -0.15) is 0 Å². The predicted molar refractivity (Wildman–Crippen MR) is 203 cm³/mol. The van der Waals surface area contributed by atoms with E-state index in [0.717, 1.165) is 38.5 Å². The monoisotopic (exact) mass is 711 g/mol. The van der Waals surface area contributed by atoms with Gasteiger partial charge >= 0.3 is 23.9 Å². The highest BCUT2D eigenvalue weighted by atomic mass is 16.6. The average Bonchev–Trinajstić information content (AvgIpc) is 3.05. The maximum Gasteiger partial charge on any atom is 0.306 e. The van der Waals surface area contributed by atoms with Gasteiger partial charge in [-0.3, -0.25) is 19.2 Å². The van der Waals surface area contributed by atoms with Crippen molar-refractivity contribution in [3.8, 4) is 0 Å². The molecule has 0 atom stereocenters. The van der Waals surface area contributed by atoms with Crippen molar-refractivity contribution in [3.05, 3.63) is 0 Å². The second-order valence-corrected chi connectivity index (χ2v) is 15.4. The Morgan fingerprint density at radius 1 is 0.460 bits per heavy atom. The Bertz CT molecular complexity index is 794. The summed E-state index contributed by atoms with van der Waals surface area (Å²) < 4.78 is 16.4. The lowest BCUT2D eigenvalue weighted by molar-refractivity contribution is -0.168. The van der Waals surface area contributed by atoms with Gasteiger partial charge in [0.25, 0.3) is 0 Å². The van der Waals surface area contributed by atoms with Crippen LogP contribution in [-0.2, 0) is 33.4 Å². The minimum absolute atomic E-state index is 0.115. The molecule has 0 fully saturated rings. The number of carbonyl (C=O) groups is 4. The van der Waals surface area contributed by atoms with Crippen molar-refractivity contribution < 1.29 is 38.5 Å². The molecule has 0 radical (unpaired) electrons. The largest absolute Gasteiger partial charge is 0.481 e. The molecule has 0 aliphatic rings. The Balaban J connectivity index is 4.33. The van der Waals surface area contributed by atoms with Gasteiger partial charge in [0.15, 0.2) is 6.10 Å². The minimum Gasteiger partial charge on any atom is -0.481 e. The van der Waals surface area contributed by atoms with E-state index in [4.69, 9.17) is 19.3 Å². The lowest BCUT2D eigenvalue weighted by atomic mass is 9.86. The Kier molecular flexibility index (Phi) is 32.6. The van der Waals surface area contributed by atoms with Gasteiger partial charge in [-0.1, -0.05) is 182 Å². The summed E-state index contributed by atoms with van der Waals surface area (Å²) in [4.78, 5) is 48.7. The van der Waals surface area contributed by atoms with Gasteiger partial charge in [0.1, 0.15) is 13.2 Å². The van der Waals surface area contributed by atoms with E-state index in [0.29, 0.717) is 12.8 Å². The third kappa shape index (κ3) is 34.3. The number of carboxylic acid groups (broad SMARTS) is 1. The molecule has 294 valence electrons. The molecule has 1 N–H and O–H groups in total. The fraction of sp³-hybridized carbons (Fsp3) is 0.905. The van der Waals surface area contributed by atoms with Crippen LogP contribution < -0.4 is 0 Å². The van der Waals surface area contributed by atoms with Crippen LogP contribution in [0.5, 0.6) is 0 Å². The summed E-state index contributed by atoms with van der Waals surface area (Å²) in [6.07, 6.45) is 31.2. The lowest BCUT2D eigenvalue weighted by Crippen LogP contribution is -2.32. The second kappa shape index (κ2) is 34.0. The zero-order chi connectivity index (χ0) is 37.1. The molecule has 0 rings (SSSR count). The van der Waals surface area contributed by atoms with Crippen molar-refractivity contribution in [1.29, 1.82) is 0 Å². The van der Waals surface area contributed by atoms with E-state index >= 15 is 0 Å². The van der Waals surface area contributed by atoms with Crippen LogP contribution in [0.4, 0.5) is 0 Å². The standard InChI is InChI=1S/C42H78O8/c1-5-7-9-11-13-15-17-19-21-23-25-27-29-31-39(45)48-35-37(50-41(47)34-42(3,4)33-38(43)44)36-49-40(46)32-30-28-26-24-22-20-18-16-14-12-10-8-6-2/h37H,5-36H2,1-4H3,(H,43,44). The van der Waals surface area contributed by atoms with Crippen molar-refractivity contribution in [2.45, 2.75) is 226 Å². The molecule has 0 unspecified atom stereocenters. The average molecular weight is 711 g/mol. The molecule has 0 aromatic rings. The molecule has 8 nitrogen and oxygen atoms in total. The molecule has 0 amide bonds. The van der Waals surface area contributed by atoms with Gasteiger partial charge < -0.3 is 19.3 Å². The quantitative estimate of drug-likeness (QED) is 0.0385. The molecular weight excluding hydrogens is 632 g/mol. The van der Waals surface area contributed by atoms with Gasteiger partial charge in [-0.05, 0) is 18.3 Å². The number of carbonyl (C=O) groups excluding carboxylic acids is 3. The van der Waals surface area contributed by atoms with E-state index in [-0.39, 0.29) is 38.0 Å². The molecule has 8 heteroatoms. The summed E-state index contributed by atoms with van der Waals surface area (Å²) in [7, 11) is 0. The molecule has 0 aliphatic carbocycles. The smallest absolute Gasteiger partial charge is 0.306 e. The number of esters is 3. The maximum atomic E-state index is 12.7. The topological polar surface area (TPSA) is 116 Å². The lowest BCUT2D eigenvalue weighted by Gasteiger charge is -2.23. The molecule has 0 spiro atoms. The van der Waals surface area contributed by atoms with E-state index in [1.807, 2.05) is 0 Å². The zero-order valence-electron chi connectivity index (χ0n) is 33.0. The Labute approximate surface area is 306 Å². The molecule has 0 aliphatic heterocycles. The summed E-state index contributed by atoms with van der Waals surface area (Å²) in [5.74, 6) is -2.33. The first kappa shape index (κ1) is 47.9. The molecule has 0 bridgehead atoms. The van der Waals surface area contributed by atoms with Crippen LogP contribution in [0.25, 0.3) is 0 Å². The highest BCUT2D eigenvalue weighted by molar-refractivity contribution is 5.73. The summed E-state index contributed by atoms with van der Waals surface area (Å²) in [6, 6.07) is 0. The van der Waals surface area contributed by atoms with E-state index in [1.54, 1.807) is 13.8 Å². The molecule has 0 aromatic heterocycles. The van der Waals surface area contributed by atoms with Crippen LogP contribution in [0.15, 0.2) is 0 Å². The normalized spacial score (nSPS) is 11.5. The number of carboxylic acids is 1. The number of ether oxygens (including phenoxy) is 3. The van der Waals surface area contributed by atoms with Gasteiger partial charge in [0.2, 0.25) is 0 Å². The van der Waals surface area contributed by atoms with Gasteiger partial charge in [-0.15, -0.1) is 0 Å². The Morgan fingerprint density at radius 2 is 0.760 bits per heavy atom. The summed E-state index contributed by atoms with van der Waals surface area (Å²) in [5, 5.41) is 9.15. The number of rotatable bonds is 37. The van der Waals surface area contributed by atoms with Crippen molar-refractivity contribution in [2.24, 2.45) is 5.41 Å². The van der Waals surface area contributed by atoms with Crippen LogP contribution in [-0.4, -0.2) is 48.3 Å². The van der Waals surface area contributed by atoms with Crippen molar-refractivity contribution in [2.75, 3.05) is 13.2 Å². The Morgan fingerprint density at radius 3 is 1.06 bits per heavy atom. The van der Waals surface area contributed by atoms with Crippen LogP contribution >= 0.6 is 0 Å². The third-order valence-electron chi connectivity index (χ3n) is 9.38. The fourth-order valence-electron chi connectivity index (χ4n) is 6.30. The summed E-state index contributed by atoms with van der Waals surface area (Å²) in [5.41, 5.74) is -0.802. The molecule has 0 saturated heterocycles. The predicted octanol–water partition coefficient (Wildman–Crippen LogP) is 11.8. The maximum absolute atomic E-state index is 12.7. The van der Waals surface area contributed by atoms with E-state index < -0.39 is 23.5 Å². The number of aliphatic carboxylic acids is 1. The first-order chi connectivity index (χ1) is 24.1. The number of hydrogen-bond acceptors (Lipinski definition) is 7. The fourth-order valence-corrected chi connectivity index (χ4v) is 6.30. The third-order valence-corrected chi connectivity index (χ3v) is 9.38. The SMILES string of the molecule is CCCCCCCCCCCCCCCC(=O)OCC(COC(=O)CCCCCCCCCCCCCCC)OC(=O)CC(C)(C)CC(=O)O. The summed E-state index contributed by atoms with van der Waals surface area (Å²) >= 11 is 0. The Hall–Kier alpha value is -2.12. The van der Waals surface area contributed by atoms with Gasteiger partial charge in [-0.25, -0.2) is 0 Å². The molecule has 0 heterocycles.